The molecule has 4 heteroatoms. The fraction of sp³-hybridized carbons (Fsp3) is 0.250. The van der Waals surface area contributed by atoms with E-state index in [1.807, 2.05) is 24.4 Å². The molecule has 102 valence electrons. The smallest absolute Gasteiger partial charge is 0.106 e. The largest absolute Gasteiger partial charge is 0.360 e. The summed E-state index contributed by atoms with van der Waals surface area (Å²) in [4.78, 5) is 9.18. The molecule has 0 fully saturated rings. The molecule has 0 aliphatic carbocycles. The molecule has 0 bridgehead atoms. The fourth-order valence-corrected chi connectivity index (χ4v) is 3.27. The second-order valence-electron chi connectivity index (χ2n) is 4.80. The molecule has 3 rings (SSSR count). The summed E-state index contributed by atoms with van der Waals surface area (Å²) >= 11 is 2.43. The van der Waals surface area contributed by atoms with Gasteiger partial charge in [0.2, 0.25) is 0 Å². The third-order valence-corrected chi connectivity index (χ3v) is 4.35. The molecular formula is C16H16IN3. The first kappa shape index (κ1) is 13.5. The minimum absolute atomic E-state index is 0.218. The van der Waals surface area contributed by atoms with E-state index in [1.165, 1.54) is 5.56 Å². The Morgan fingerprint density at radius 3 is 2.55 bits per heavy atom. The Labute approximate surface area is 132 Å². The first-order valence-electron chi connectivity index (χ1n) is 6.75. The molecule has 20 heavy (non-hydrogen) atoms. The van der Waals surface area contributed by atoms with Crippen molar-refractivity contribution in [2.45, 2.75) is 22.9 Å². The Morgan fingerprint density at radius 2 is 1.80 bits per heavy atom. The Hall–Kier alpha value is -1.43. The lowest BCUT2D eigenvalue weighted by Crippen LogP contribution is -2.26. The zero-order chi connectivity index (χ0) is 13.8. The summed E-state index contributed by atoms with van der Waals surface area (Å²) < 4.78 is 0.328. The highest BCUT2D eigenvalue weighted by Gasteiger charge is 2.27. The number of hydrogen-bond donors (Lipinski definition) is 1. The molecule has 0 saturated carbocycles. The molecule has 1 aliphatic heterocycles. The second kappa shape index (κ2) is 6.35. The highest BCUT2D eigenvalue weighted by molar-refractivity contribution is 14.1. The molecule has 0 amide bonds. The summed E-state index contributed by atoms with van der Waals surface area (Å²) in [5.41, 5.74) is 2.39. The minimum Gasteiger partial charge on any atom is -0.360 e. The Bertz CT molecular complexity index is 583. The first-order chi connectivity index (χ1) is 9.83. The normalized spacial score (nSPS) is 21.4. The maximum absolute atomic E-state index is 4.82. The molecule has 1 aromatic heterocycles. The van der Waals surface area contributed by atoms with E-state index in [2.05, 4.69) is 63.2 Å². The van der Waals surface area contributed by atoms with E-state index in [9.17, 15) is 0 Å². The van der Waals surface area contributed by atoms with Gasteiger partial charge in [0.05, 0.1) is 5.84 Å². The van der Waals surface area contributed by atoms with Crippen molar-refractivity contribution in [3.8, 4) is 0 Å². The van der Waals surface area contributed by atoms with E-state index < -0.39 is 0 Å². The molecule has 0 saturated heterocycles. The van der Waals surface area contributed by atoms with Crippen molar-refractivity contribution in [3.63, 3.8) is 0 Å². The van der Waals surface area contributed by atoms with Gasteiger partial charge in [-0.2, -0.15) is 0 Å². The van der Waals surface area contributed by atoms with Crippen LogP contribution in [0.2, 0.25) is 0 Å². The SMILES string of the molecule is I[C@@H]1NC(CCc2ccccn2)=N[C@@H]1c1ccccc1. The Balaban J connectivity index is 1.67. The number of aliphatic imine (C=N–C) groups is 1. The van der Waals surface area contributed by atoms with Crippen LogP contribution in [-0.4, -0.2) is 14.9 Å². The van der Waals surface area contributed by atoms with Crippen LogP contribution in [0.15, 0.2) is 59.7 Å². The maximum atomic E-state index is 4.82. The number of benzene rings is 1. The molecule has 3 nitrogen and oxygen atoms in total. The predicted molar refractivity (Wildman–Crippen MR) is 90.1 cm³/mol. The Kier molecular flexibility index (Phi) is 4.30. The number of nitrogens with one attached hydrogen (secondary N) is 1. The number of aromatic nitrogens is 1. The van der Waals surface area contributed by atoms with Gasteiger partial charge in [0, 0.05) is 18.3 Å². The summed E-state index contributed by atoms with van der Waals surface area (Å²) in [5, 5.41) is 3.48. The summed E-state index contributed by atoms with van der Waals surface area (Å²) in [6.45, 7) is 0. The van der Waals surface area contributed by atoms with Crippen LogP contribution in [0, 0.1) is 0 Å². The lowest BCUT2D eigenvalue weighted by Gasteiger charge is -2.12. The van der Waals surface area contributed by atoms with Gasteiger partial charge >= 0.3 is 0 Å². The van der Waals surface area contributed by atoms with Crippen LogP contribution in [-0.2, 0) is 6.42 Å². The quantitative estimate of drug-likeness (QED) is 0.503. The third-order valence-electron chi connectivity index (χ3n) is 3.36. The van der Waals surface area contributed by atoms with Crippen LogP contribution in [0.25, 0.3) is 0 Å². The van der Waals surface area contributed by atoms with Crippen molar-refractivity contribution in [2.75, 3.05) is 0 Å². The van der Waals surface area contributed by atoms with E-state index in [1.54, 1.807) is 0 Å². The second-order valence-corrected chi connectivity index (χ2v) is 6.14. The number of alkyl halides is 1. The van der Waals surface area contributed by atoms with Crippen molar-refractivity contribution in [3.05, 3.63) is 66.0 Å². The van der Waals surface area contributed by atoms with Gasteiger partial charge in [0.25, 0.3) is 0 Å². The molecule has 2 aromatic rings. The molecule has 0 unspecified atom stereocenters. The summed E-state index contributed by atoms with van der Waals surface area (Å²) in [6.07, 6.45) is 3.69. The minimum atomic E-state index is 0.218. The van der Waals surface area contributed by atoms with Crippen LogP contribution in [0.1, 0.15) is 23.7 Å². The number of aryl methyl sites for hydroxylation is 1. The molecule has 2 atom stereocenters. The summed E-state index contributed by atoms with van der Waals surface area (Å²) in [6, 6.07) is 16.7. The van der Waals surface area contributed by atoms with E-state index in [0.717, 1.165) is 24.4 Å². The van der Waals surface area contributed by atoms with E-state index in [4.69, 9.17) is 4.99 Å². The summed E-state index contributed by atoms with van der Waals surface area (Å²) in [7, 11) is 0. The monoisotopic (exact) mass is 377 g/mol. The number of nitrogens with zero attached hydrogens (tertiary/aromatic N) is 2. The lowest BCUT2D eigenvalue weighted by atomic mass is 10.1. The zero-order valence-corrected chi connectivity index (χ0v) is 13.2. The number of pyridine rings is 1. The molecule has 1 aliphatic rings. The van der Waals surface area contributed by atoms with Gasteiger partial charge in [-0.1, -0.05) is 59.0 Å². The van der Waals surface area contributed by atoms with Crippen molar-refractivity contribution in [1.82, 2.24) is 10.3 Å². The predicted octanol–water partition coefficient (Wildman–Crippen LogP) is 3.52. The van der Waals surface area contributed by atoms with Gasteiger partial charge in [0.15, 0.2) is 0 Å². The highest BCUT2D eigenvalue weighted by atomic mass is 127. The fourth-order valence-electron chi connectivity index (χ4n) is 2.33. The average Bonchev–Trinajstić information content (AvgIpc) is 2.88. The lowest BCUT2D eigenvalue weighted by molar-refractivity contribution is 0.726. The van der Waals surface area contributed by atoms with Gasteiger partial charge in [0.1, 0.15) is 10.1 Å². The van der Waals surface area contributed by atoms with Gasteiger partial charge in [-0.05, 0) is 24.1 Å². The van der Waals surface area contributed by atoms with Crippen LogP contribution in [0.4, 0.5) is 0 Å². The molecule has 1 N–H and O–H groups in total. The molecule has 2 heterocycles. The van der Waals surface area contributed by atoms with Crippen molar-refractivity contribution < 1.29 is 0 Å². The van der Waals surface area contributed by atoms with Gasteiger partial charge in [-0.3, -0.25) is 9.98 Å². The molecular weight excluding hydrogens is 361 g/mol. The van der Waals surface area contributed by atoms with Gasteiger partial charge in [-0.15, -0.1) is 0 Å². The summed E-state index contributed by atoms with van der Waals surface area (Å²) in [5.74, 6) is 1.09. The topological polar surface area (TPSA) is 37.3 Å². The van der Waals surface area contributed by atoms with Gasteiger partial charge < -0.3 is 5.32 Å². The van der Waals surface area contributed by atoms with Crippen LogP contribution < -0.4 is 5.32 Å². The standard InChI is InChI=1S/C16H16IN3/c17-16-15(12-6-2-1-3-7-12)19-14(20-16)10-9-13-8-4-5-11-18-13/h1-8,11,15-16H,9-10H2,(H,19,20)/t15-,16-/m1/s1. The van der Waals surface area contributed by atoms with Crippen LogP contribution in [0.3, 0.4) is 0 Å². The average molecular weight is 377 g/mol. The van der Waals surface area contributed by atoms with Crippen molar-refractivity contribution in [2.24, 2.45) is 4.99 Å². The van der Waals surface area contributed by atoms with Crippen molar-refractivity contribution >= 4 is 28.4 Å². The zero-order valence-electron chi connectivity index (χ0n) is 11.0. The molecule has 0 radical (unpaired) electrons. The van der Waals surface area contributed by atoms with E-state index in [0.29, 0.717) is 4.05 Å². The molecule has 1 aromatic carbocycles. The van der Waals surface area contributed by atoms with Gasteiger partial charge in [-0.25, -0.2) is 0 Å². The highest BCUT2D eigenvalue weighted by Crippen LogP contribution is 2.29. The van der Waals surface area contributed by atoms with E-state index in [-0.39, 0.29) is 6.04 Å². The maximum Gasteiger partial charge on any atom is 0.106 e. The first-order valence-corrected chi connectivity index (χ1v) is 7.99. The number of amidine groups is 1. The number of halogens is 1. The number of rotatable bonds is 4. The third kappa shape index (κ3) is 3.17. The van der Waals surface area contributed by atoms with Crippen LogP contribution in [0.5, 0.6) is 0 Å². The molecule has 0 spiro atoms. The Morgan fingerprint density at radius 1 is 1.00 bits per heavy atom. The number of hydrogen-bond acceptors (Lipinski definition) is 3. The van der Waals surface area contributed by atoms with Crippen molar-refractivity contribution in [1.29, 1.82) is 0 Å². The van der Waals surface area contributed by atoms with Crippen LogP contribution >= 0.6 is 22.6 Å². The van der Waals surface area contributed by atoms with E-state index >= 15 is 0 Å².